The predicted molar refractivity (Wildman–Crippen MR) is 151 cm³/mol. The van der Waals surface area contributed by atoms with Crippen molar-refractivity contribution in [3.8, 4) is 16.9 Å². The monoisotopic (exact) mass is 476 g/mol. The van der Waals surface area contributed by atoms with Gasteiger partial charge in [-0.25, -0.2) is 0 Å². The van der Waals surface area contributed by atoms with Crippen LogP contribution in [0.5, 0.6) is 5.75 Å². The van der Waals surface area contributed by atoms with Crippen LogP contribution in [0.15, 0.2) is 48.5 Å². The fourth-order valence-corrected chi connectivity index (χ4v) is 10.2. The largest absolute Gasteiger partial charge is 0.494 e. The van der Waals surface area contributed by atoms with Crippen molar-refractivity contribution in [3.05, 3.63) is 54.1 Å². The van der Waals surface area contributed by atoms with Gasteiger partial charge in [-0.15, -0.1) is 0 Å². The van der Waals surface area contributed by atoms with Gasteiger partial charge in [0, 0.05) is 8.80 Å². The first-order chi connectivity index (χ1) is 16.7. The highest BCUT2D eigenvalue weighted by atomic mass is 28.3. The van der Waals surface area contributed by atoms with Crippen molar-refractivity contribution in [2.24, 2.45) is 11.8 Å². The van der Waals surface area contributed by atoms with Gasteiger partial charge >= 0.3 is 0 Å². The molecule has 1 heterocycles. The molecule has 4 rings (SSSR count). The molecule has 0 bridgehead atoms. The molecule has 34 heavy (non-hydrogen) atoms. The van der Waals surface area contributed by atoms with Crippen LogP contribution in [0, 0.1) is 11.8 Å². The summed E-state index contributed by atoms with van der Waals surface area (Å²) in [7, 11) is -0.334. The summed E-state index contributed by atoms with van der Waals surface area (Å²) in [5.41, 5.74) is 4.14. The van der Waals surface area contributed by atoms with E-state index in [4.69, 9.17) is 4.74 Å². The molecule has 0 amide bonds. The molecule has 0 aromatic heterocycles. The second-order valence-electron chi connectivity index (χ2n) is 11.3. The Kier molecular flexibility index (Phi) is 10.2. The van der Waals surface area contributed by atoms with Gasteiger partial charge in [0.25, 0.3) is 0 Å². The third-order valence-electron chi connectivity index (χ3n) is 8.89. The van der Waals surface area contributed by atoms with E-state index in [0.717, 1.165) is 30.1 Å². The molecule has 0 N–H and O–H groups in total. The van der Waals surface area contributed by atoms with E-state index < -0.39 is 0 Å². The maximum atomic E-state index is 5.58. The lowest BCUT2D eigenvalue weighted by molar-refractivity contribution is 0.280. The molecule has 0 radical (unpaired) electrons. The van der Waals surface area contributed by atoms with Crippen molar-refractivity contribution in [2.45, 2.75) is 109 Å². The average Bonchev–Trinajstić information content (AvgIpc) is 2.89. The molecule has 0 atom stereocenters. The highest BCUT2D eigenvalue weighted by Crippen LogP contribution is 2.40. The number of benzene rings is 2. The van der Waals surface area contributed by atoms with E-state index >= 15 is 0 Å². The van der Waals surface area contributed by atoms with Gasteiger partial charge in [-0.3, -0.25) is 0 Å². The van der Waals surface area contributed by atoms with Gasteiger partial charge in [0.15, 0.2) is 0 Å². The molecule has 2 aromatic carbocycles. The molecule has 1 aliphatic heterocycles. The Morgan fingerprint density at radius 1 is 0.706 bits per heavy atom. The molecular formula is C32H48OSi. The Bertz CT molecular complexity index is 811. The van der Waals surface area contributed by atoms with Gasteiger partial charge in [-0.2, -0.15) is 0 Å². The van der Waals surface area contributed by atoms with Crippen molar-refractivity contribution in [1.29, 1.82) is 0 Å². The number of rotatable bonds is 11. The Morgan fingerprint density at radius 2 is 1.29 bits per heavy atom. The summed E-state index contributed by atoms with van der Waals surface area (Å²) in [5.74, 6) is 3.80. The molecule has 2 aliphatic rings. The van der Waals surface area contributed by atoms with Crippen LogP contribution in [0.4, 0.5) is 0 Å². The molecule has 1 aliphatic carbocycles. The summed E-state index contributed by atoms with van der Waals surface area (Å²) < 4.78 is 5.58. The zero-order valence-corrected chi connectivity index (χ0v) is 23.1. The number of ether oxygens (including phenoxy) is 1. The van der Waals surface area contributed by atoms with Crippen LogP contribution in [0.1, 0.15) is 96.0 Å². The lowest BCUT2D eigenvalue weighted by atomic mass is 9.76. The number of unbranched alkanes of at least 4 members (excludes halogenated alkanes) is 2. The first-order valence-corrected chi connectivity index (χ1v) is 17.0. The molecule has 2 heteroatoms. The second kappa shape index (κ2) is 13.5. The van der Waals surface area contributed by atoms with Gasteiger partial charge in [0.1, 0.15) is 5.75 Å². The molecule has 2 fully saturated rings. The first-order valence-electron chi connectivity index (χ1n) is 14.6. The van der Waals surface area contributed by atoms with Crippen LogP contribution in [0.25, 0.3) is 11.1 Å². The van der Waals surface area contributed by atoms with Crippen LogP contribution in [0.2, 0.25) is 18.1 Å². The Morgan fingerprint density at radius 3 is 1.88 bits per heavy atom. The zero-order chi connectivity index (χ0) is 23.6. The van der Waals surface area contributed by atoms with E-state index in [2.05, 4.69) is 55.5 Å². The number of hydrogen-bond donors (Lipinski definition) is 0. The third-order valence-corrected chi connectivity index (χ3v) is 12.4. The van der Waals surface area contributed by atoms with Gasteiger partial charge in [-0.1, -0.05) is 106 Å². The first kappa shape index (κ1) is 25.5. The average molecular weight is 477 g/mol. The SMILES string of the molecule is CCCCC[Si@H]1CC[C@H](CC[C@H]2CC[C@H](c3ccc(-c4ccc(OCC)cc4)cc3)CC2)CC1. The molecule has 1 nitrogen and oxygen atoms in total. The maximum Gasteiger partial charge on any atom is 0.119 e. The third kappa shape index (κ3) is 7.48. The smallest absolute Gasteiger partial charge is 0.119 e. The van der Waals surface area contributed by atoms with Gasteiger partial charge in [-0.05, 0) is 79.2 Å². The summed E-state index contributed by atoms with van der Waals surface area (Å²) >= 11 is 0. The Labute approximate surface area is 211 Å². The van der Waals surface area contributed by atoms with Crippen molar-refractivity contribution in [2.75, 3.05) is 6.61 Å². The maximum absolute atomic E-state index is 5.58. The molecule has 0 spiro atoms. The van der Waals surface area contributed by atoms with E-state index in [9.17, 15) is 0 Å². The topological polar surface area (TPSA) is 9.23 Å². The minimum atomic E-state index is -0.334. The van der Waals surface area contributed by atoms with E-state index in [1.54, 1.807) is 36.5 Å². The van der Waals surface area contributed by atoms with Crippen LogP contribution < -0.4 is 4.74 Å². The van der Waals surface area contributed by atoms with Gasteiger partial charge in [0.05, 0.1) is 6.61 Å². The number of hydrogen-bond acceptors (Lipinski definition) is 1. The minimum Gasteiger partial charge on any atom is -0.494 e. The normalized spacial score (nSPS) is 25.2. The Hall–Kier alpha value is -1.54. The molecule has 1 saturated carbocycles. The van der Waals surface area contributed by atoms with E-state index in [-0.39, 0.29) is 8.80 Å². The highest BCUT2D eigenvalue weighted by molar-refractivity contribution is 6.58. The highest BCUT2D eigenvalue weighted by Gasteiger charge is 2.25. The lowest BCUT2D eigenvalue weighted by Crippen LogP contribution is -2.22. The molecule has 0 unspecified atom stereocenters. The molecule has 2 aromatic rings. The Balaban J connectivity index is 1.16. The van der Waals surface area contributed by atoms with Crippen molar-refractivity contribution >= 4 is 8.80 Å². The van der Waals surface area contributed by atoms with Crippen LogP contribution >= 0.6 is 0 Å². The minimum absolute atomic E-state index is 0.334. The van der Waals surface area contributed by atoms with E-state index in [0.29, 0.717) is 0 Å². The fraction of sp³-hybridized carbons (Fsp3) is 0.625. The van der Waals surface area contributed by atoms with E-state index in [1.165, 1.54) is 68.9 Å². The van der Waals surface area contributed by atoms with Crippen molar-refractivity contribution in [1.82, 2.24) is 0 Å². The van der Waals surface area contributed by atoms with Gasteiger partial charge < -0.3 is 4.74 Å². The second-order valence-corrected chi connectivity index (χ2v) is 14.7. The van der Waals surface area contributed by atoms with Crippen molar-refractivity contribution < 1.29 is 4.74 Å². The summed E-state index contributed by atoms with van der Waals surface area (Å²) in [4.78, 5) is 0. The van der Waals surface area contributed by atoms with Gasteiger partial charge in [0.2, 0.25) is 0 Å². The zero-order valence-electron chi connectivity index (χ0n) is 21.9. The summed E-state index contributed by atoms with van der Waals surface area (Å²) in [5, 5.41) is 0. The quantitative estimate of drug-likeness (QED) is 0.232. The summed E-state index contributed by atoms with van der Waals surface area (Å²) in [6.45, 7) is 5.09. The standard InChI is InChI=1S/C32H48OSi/c1-3-5-6-23-34-24-21-27(22-25-34)8-7-26-9-11-28(12-10-26)29-13-15-30(16-14-29)31-17-19-32(20-18-31)33-4-2/h13-20,26-28,34H,3-12,21-25H2,1-2H3/t26-,27-,28-,34-. The van der Waals surface area contributed by atoms with Crippen LogP contribution in [-0.2, 0) is 0 Å². The molecular weight excluding hydrogens is 428 g/mol. The predicted octanol–water partition coefficient (Wildman–Crippen LogP) is 9.63. The lowest BCUT2D eigenvalue weighted by Gasteiger charge is -2.32. The molecule has 1 saturated heterocycles. The fourth-order valence-electron chi connectivity index (χ4n) is 6.61. The summed E-state index contributed by atoms with van der Waals surface area (Å²) in [6.07, 6.45) is 16.3. The van der Waals surface area contributed by atoms with Crippen LogP contribution in [-0.4, -0.2) is 15.4 Å². The van der Waals surface area contributed by atoms with Crippen molar-refractivity contribution in [3.63, 3.8) is 0 Å². The molecule has 186 valence electrons. The van der Waals surface area contributed by atoms with E-state index in [1.807, 2.05) is 6.92 Å². The summed E-state index contributed by atoms with van der Waals surface area (Å²) in [6, 6.07) is 22.9. The van der Waals surface area contributed by atoms with Crippen LogP contribution in [0.3, 0.4) is 0 Å².